The number of ether oxygens (including phenoxy) is 4. The number of sulfonamides is 1. The van der Waals surface area contributed by atoms with Gasteiger partial charge >= 0.3 is 0 Å². The molecule has 0 aromatic heterocycles. The summed E-state index contributed by atoms with van der Waals surface area (Å²) in [5.74, 6) is 1.54. The minimum atomic E-state index is -3.85. The van der Waals surface area contributed by atoms with Gasteiger partial charge in [0.1, 0.15) is 10.6 Å². The summed E-state index contributed by atoms with van der Waals surface area (Å²) in [6.45, 7) is 0.0781. The van der Waals surface area contributed by atoms with Crippen molar-refractivity contribution in [3.63, 3.8) is 0 Å². The van der Waals surface area contributed by atoms with E-state index in [1.54, 1.807) is 18.2 Å². The van der Waals surface area contributed by atoms with E-state index in [-0.39, 0.29) is 17.2 Å². The van der Waals surface area contributed by atoms with E-state index >= 15 is 0 Å². The molecule has 0 aliphatic carbocycles. The molecule has 7 nitrogen and oxygen atoms in total. The van der Waals surface area contributed by atoms with Crippen molar-refractivity contribution in [3.05, 3.63) is 40.9 Å². The quantitative estimate of drug-likeness (QED) is 0.659. The number of hydrogen-bond acceptors (Lipinski definition) is 6. The van der Waals surface area contributed by atoms with Crippen LogP contribution in [0.1, 0.15) is 5.56 Å². The number of methoxy groups -OCH3 is 4. The zero-order valence-corrected chi connectivity index (χ0v) is 17.3. The van der Waals surface area contributed by atoms with Crippen molar-refractivity contribution < 1.29 is 27.4 Å². The van der Waals surface area contributed by atoms with Crippen molar-refractivity contribution in [3.8, 4) is 23.0 Å². The maximum absolute atomic E-state index is 13.0. The lowest BCUT2D eigenvalue weighted by atomic mass is 10.2. The smallest absolute Gasteiger partial charge is 0.246 e. The lowest BCUT2D eigenvalue weighted by molar-refractivity contribution is 0.323. The Morgan fingerprint density at radius 1 is 0.889 bits per heavy atom. The molecule has 0 saturated carbocycles. The summed E-state index contributed by atoms with van der Waals surface area (Å²) in [6.07, 6.45) is 0. The van der Waals surface area contributed by atoms with Crippen LogP contribution in [0.4, 0.5) is 0 Å². The molecule has 9 heteroatoms. The van der Waals surface area contributed by atoms with Crippen molar-refractivity contribution in [2.24, 2.45) is 0 Å². The van der Waals surface area contributed by atoms with Crippen molar-refractivity contribution in [2.45, 2.75) is 11.4 Å². The van der Waals surface area contributed by atoms with Crippen LogP contribution in [-0.2, 0) is 16.6 Å². The van der Waals surface area contributed by atoms with Gasteiger partial charge in [0, 0.05) is 18.6 Å². The topological polar surface area (TPSA) is 74.3 Å². The van der Waals surface area contributed by atoms with E-state index < -0.39 is 10.0 Å². The van der Waals surface area contributed by atoms with Crippen LogP contribution in [0, 0.1) is 0 Å². The van der Waals surface area contributed by atoms with Gasteiger partial charge in [0.25, 0.3) is 0 Å². The van der Waals surface area contributed by atoms with Crippen LogP contribution in [-0.4, -0.2) is 48.2 Å². The molecule has 0 amide bonds. The van der Waals surface area contributed by atoms with Crippen LogP contribution in [0.2, 0.25) is 5.02 Å². The molecule has 148 valence electrons. The number of rotatable bonds is 8. The normalized spacial score (nSPS) is 11.4. The Kier molecular flexibility index (Phi) is 6.80. The Morgan fingerprint density at radius 3 is 1.93 bits per heavy atom. The van der Waals surface area contributed by atoms with Crippen LogP contribution in [0.15, 0.2) is 35.2 Å². The summed E-state index contributed by atoms with van der Waals surface area (Å²) in [4.78, 5) is -0.00700. The standard InChI is InChI=1S/C18H22ClNO6S/c1-20(27(21,22)17-10-13(19)6-7-14(17)23-2)11-12-8-15(24-3)18(26-5)16(9-12)25-4/h6-10H,11H2,1-5H3. The Balaban J connectivity index is 2.42. The summed E-state index contributed by atoms with van der Waals surface area (Å²) < 4.78 is 48.3. The molecule has 0 fully saturated rings. The summed E-state index contributed by atoms with van der Waals surface area (Å²) >= 11 is 5.97. The fourth-order valence-corrected chi connectivity index (χ4v) is 4.16. The first-order valence-electron chi connectivity index (χ1n) is 7.87. The number of halogens is 1. The zero-order chi connectivity index (χ0) is 20.2. The molecule has 0 atom stereocenters. The Morgan fingerprint density at radius 2 is 1.44 bits per heavy atom. The second kappa shape index (κ2) is 8.69. The maximum Gasteiger partial charge on any atom is 0.246 e. The highest BCUT2D eigenvalue weighted by Crippen LogP contribution is 2.39. The molecule has 0 saturated heterocycles. The predicted molar refractivity (Wildman–Crippen MR) is 103 cm³/mol. The van der Waals surface area contributed by atoms with Gasteiger partial charge in [-0.3, -0.25) is 0 Å². The molecule has 0 spiro atoms. The average molecular weight is 416 g/mol. The first-order valence-corrected chi connectivity index (χ1v) is 9.69. The summed E-state index contributed by atoms with van der Waals surface area (Å²) in [5.41, 5.74) is 0.663. The zero-order valence-electron chi connectivity index (χ0n) is 15.8. The molecule has 0 bridgehead atoms. The molecular weight excluding hydrogens is 394 g/mol. The van der Waals surface area contributed by atoms with Crippen molar-refractivity contribution in [1.82, 2.24) is 4.31 Å². The van der Waals surface area contributed by atoms with E-state index in [0.29, 0.717) is 27.8 Å². The first-order chi connectivity index (χ1) is 12.8. The van der Waals surface area contributed by atoms with Gasteiger partial charge in [-0.05, 0) is 35.9 Å². The van der Waals surface area contributed by atoms with E-state index in [4.69, 9.17) is 30.5 Å². The summed E-state index contributed by atoms with van der Waals surface area (Å²) in [6, 6.07) is 7.84. The minimum absolute atomic E-state index is 0.00700. The second-order valence-electron chi connectivity index (χ2n) is 5.59. The van der Waals surface area contributed by atoms with Crippen LogP contribution in [0.3, 0.4) is 0 Å². The number of benzene rings is 2. The van der Waals surface area contributed by atoms with Gasteiger partial charge in [-0.25, -0.2) is 8.42 Å². The SMILES string of the molecule is COc1ccc(Cl)cc1S(=O)(=O)N(C)Cc1cc(OC)c(OC)c(OC)c1. The second-order valence-corrected chi connectivity index (χ2v) is 8.04. The summed E-state index contributed by atoms with van der Waals surface area (Å²) in [7, 11) is 3.53. The van der Waals surface area contributed by atoms with Gasteiger partial charge < -0.3 is 18.9 Å². The third-order valence-electron chi connectivity index (χ3n) is 3.94. The fraction of sp³-hybridized carbons (Fsp3) is 0.333. The lowest BCUT2D eigenvalue weighted by Crippen LogP contribution is -2.27. The van der Waals surface area contributed by atoms with E-state index in [9.17, 15) is 8.42 Å². The third-order valence-corrected chi connectivity index (χ3v) is 6.00. The van der Waals surface area contributed by atoms with Crippen LogP contribution in [0.5, 0.6) is 23.0 Å². The van der Waals surface area contributed by atoms with Gasteiger partial charge in [-0.1, -0.05) is 11.6 Å². The number of nitrogens with zero attached hydrogens (tertiary/aromatic N) is 1. The van der Waals surface area contributed by atoms with Crippen molar-refractivity contribution in [2.75, 3.05) is 35.5 Å². The Labute approximate surface area is 164 Å². The average Bonchev–Trinajstić information content (AvgIpc) is 2.66. The molecule has 0 aliphatic rings. The molecule has 2 aromatic rings. The minimum Gasteiger partial charge on any atom is -0.495 e. The van der Waals surface area contributed by atoms with Gasteiger partial charge in [0.05, 0.1) is 28.4 Å². The highest BCUT2D eigenvalue weighted by atomic mass is 35.5. The highest BCUT2D eigenvalue weighted by Gasteiger charge is 2.26. The largest absolute Gasteiger partial charge is 0.495 e. The molecule has 0 N–H and O–H groups in total. The highest BCUT2D eigenvalue weighted by molar-refractivity contribution is 7.89. The molecule has 2 rings (SSSR count). The van der Waals surface area contributed by atoms with E-state index in [0.717, 1.165) is 0 Å². The van der Waals surface area contributed by atoms with E-state index in [1.807, 2.05) is 0 Å². The molecule has 2 aromatic carbocycles. The van der Waals surface area contributed by atoms with Gasteiger partial charge in [-0.15, -0.1) is 0 Å². The van der Waals surface area contributed by atoms with Crippen LogP contribution in [0.25, 0.3) is 0 Å². The van der Waals surface area contributed by atoms with Crippen molar-refractivity contribution in [1.29, 1.82) is 0 Å². The number of hydrogen-bond donors (Lipinski definition) is 0. The molecule has 0 radical (unpaired) electrons. The van der Waals surface area contributed by atoms with Crippen LogP contribution < -0.4 is 18.9 Å². The monoisotopic (exact) mass is 415 g/mol. The summed E-state index contributed by atoms with van der Waals surface area (Å²) in [5, 5.41) is 0.301. The van der Waals surface area contributed by atoms with Gasteiger partial charge in [-0.2, -0.15) is 4.31 Å². The van der Waals surface area contributed by atoms with Crippen LogP contribution >= 0.6 is 11.6 Å². The lowest BCUT2D eigenvalue weighted by Gasteiger charge is -2.20. The Bertz CT molecular complexity index is 891. The molecule has 0 aliphatic heterocycles. The Hall–Kier alpha value is -2.16. The fourth-order valence-electron chi connectivity index (χ4n) is 2.59. The van der Waals surface area contributed by atoms with Gasteiger partial charge in [0.15, 0.2) is 11.5 Å². The predicted octanol–water partition coefficient (Wildman–Crippen LogP) is 3.20. The van der Waals surface area contributed by atoms with Crippen molar-refractivity contribution >= 4 is 21.6 Å². The van der Waals surface area contributed by atoms with E-state index in [2.05, 4.69) is 0 Å². The molecule has 0 heterocycles. The molecule has 27 heavy (non-hydrogen) atoms. The molecular formula is C18H22ClNO6S. The van der Waals surface area contributed by atoms with E-state index in [1.165, 1.54) is 51.9 Å². The molecule has 0 unspecified atom stereocenters. The third kappa shape index (κ3) is 4.40. The maximum atomic E-state index is 13.0. The first kappa shape index (κ1) is 21.1. The van der Waals surface area contributed by atoms with Gasteiger partial charge in [0.2, 0.25) is 15.8 Å².